The normalized spacial score (nSPS) is 25.8. The zero-order chi connectivity index (χ0) is 22.7. The lowest BCUT2D eigenvalue weighted by Crippen LogP contribution is -2.66. The molecular weight excluding hydrogens is 398 g/mol. The summed E-state index contributed by atoms with van der Waals surface area (Å²) in [5.74, 6) is -2.21. The van der Waals surface area contributed by atoms with Crippen LogP contribution >= 0.6 is 0 Å². The molecule has 0 radical (unpaired) electrons. The minimum Gasteiger partial charge on any atom is -0.456 e. The summed E-state index contributed by atoms with van der Waals surface area (Å²) in [5, 5.41) is 12.4. The number of ether oxygens (including phenoxy) is 4. The first-order valence-electron chi connectivity index (χ1n) is 10.4. The number of esters is 3. The van der Waals surface area contributed by atoms with Gasteiger partial charge in [-0.25, -0.2) is 0 Å². The van der Waals surface area contributed by atoms with Gasteiger partial charge < -0.3 is 29.4 Å². The van der Waals surface area contributed by atoms with Crippen molar-refractivity contribution in [2.24, 2.45) is 0 Å². The lowest BCUT2D eigenvalue weighted by atomic mass is 9.96. The van der Waals surface area contributed by atoms with Crippen molar-refractivity contribution in [3.8, 4) is 0 Å². The maximum absolute atomic E-state index is 12.2. The number of aliphatic hydroxyl groups is 1. The van der Waals surface area contributed by atoms with Gasteiger partial charge in [-0.3, -0.25) is 19.2 Å². The largest absolute Gasteiger partial charge is 0.456 e. The molecule has 1 amide bonds. The van der Waals surface area contributed by atoms with E-state index in [9.17, 15) is 24.3 Å². The van der Waals surface area contributed by atoms with E-state index in [4.69, 9.17) is 18.9 Å². The van der Waals surface area contributed by atoms with Crippen LogP contribution in [0.4, 0.5) is 0 Å². The van der Waals surface area contributed by atoms with Gasteiger partial charge in [-0.1, -0.05) is 20.8 Å². The topological polar surface area (TPSA) is 137 Å². The van der Waals surface area contributed by atoms with Gasteiger partial charge in [-0.2, -0.15) is 0 Å². The molecule has 1 saturated heterocycles. The summed E-state index contributed by atoms with van der Waals surface area (Å²) in [5.41, 5.74) is 0. The number of nitrogens with one attached hydrogen (secondary N) is 1. The van der Waals surface area contributed by atoms with E-state index in [1.807, 2.05) is 0 Å². The van der Waals surface area contributed by atoms with Crippen LogP contribution < -0.4 is 5.32 Å². The van der Waals surface area contributed by atoms with E-state index >= 15 is 0 Å². The van der Waals surface area contributed by atoms with Crippen molar-refractivity contribution in [3.63, 3.8) is 0 Å². The fraction of sp³-hybridized carbons (Fsp3) is 0.800. The van der Waals surface area contributed by atoms with Crippen LogP contribution in [0.2, 0.25) is 0 Å². The van der Waals surface area contributed by atoms with Crippen molar-refractivity contribution in [2.75, 3.05) is 6.61 Å². The van der Waals surface area contributed by atoms with Gasteiger partial charge in [0.25, 0.3) is 0 Å². The summed E-state index contributed by atoms with van der Waals surface area (Å²) >= 11 is 0. The minimum atomic E-state index is -1.33. The van der Waals surface area contributed by atoms with E-state index in [0.717, 1.165) is 0 Å². The Morgan fingerprint density at radius 2 is 1.30 bits per heavy atom. The van der Waals surface area contributed by atoms with Gasteiger partial charge in [-0.15, -0.1) is 0 Å². The molecule has 10 nitrogen and oxygen atoms in total. The third-order valence-corrected chi connectivity index (χ3v) is 4.34. The highest BCUT2D eigenvalue weighted by molar-refractivity contribution is 5.74. The van der Waals surface area contributed by atoms with Gasteiger partial charge in [0.2, 0.25) is 12.2 Å². The molecule has 1 unspecified atom stereocenters. The molecular formula is C20H33NO9. The number of amides is 1. The Morgan fingerprint density at radius 3 is 1.73 bits per heavy atom. The molecule has 5 atom stereocenters. The first-order valence-corrected chi connectivity index (χ1v) is 10.4. The van der Waals surface area contributed by atoms with Crippen LogP contribution in [0, 0.1) is 0 Å². The zero-order valence-electron chi connectivity index (χ0n) is 18.0. The monoisotopic (exact) mass is 431 g/mol. The first-order chi connectivity index (χ1) is 14.3. The molecule has 0 aromatic rings. The van der Waals surface area contributed by atoms with Crippen LogP contribution in [0.1, 0.15) is 66.2 Å². The Hall–Kier alpha value is -2.20. The molecule has 0 spiro atoms. The maximum Gasteiger partial charge on any atom is 0.308 e. The van der Waals surface area contributed by atoms with Crippen molar-refractivity contribution < 1.29 is 43.2 Å². The van der Waals surface area contributed by atoms with Gasteiger partial charge in [0.05, 0.1) is 6.61 Å². The minimum absolute atomic E-state index is 0.101. The quantitative estimate of drug-likeness (QED) is 0.362. The fourth-order valence-electron chi connectivity index (χ4n) is 3.04. The summed E-state index contributed by atoms with van der Waals surface area (Å²) in [7, 11) is 0. The lowest BCUT2D eigenvalue weighted by molar-refractivity contribution is -0.271. The number of carbonyl (C=O) groups is 4. The molecule has 0 saturated carbocycles. The van der Waals surface area contributed by atoms with E-state index in [1.54, 1.807) is 20.8 Å². The summed E-state index contributed by atoms with van der Waals surface area (Å²) in [6.45, 7) is 6.04. The van der Waals surface area contributed by atoms with Crippen molar-refractivity contribution in [3.05, 3.63) is 0 Å². The average Bonchev–Trinajstić information content (AvgIpc) is 2.66. The van der Waals surface area contributed by atoms with Crippen molar-refractivity contribution in [1.29, 1.82) is 0 Å². The Balaban J connectivity index is 3.26. The molecule has 30 heavy (non-hydrogen) atoms. The third-order valence-electron chi connectivity index (χ3n) is 4.34. The summed E-state index contributed by atoms with van der Waals surface area (Å²) < 4.78 is 22.0. The van der Waals surface area contributed by atoms with Gasteiger partial charge >= 0.3 is 17.9 Å². The molecule has 10 heteroatoms. The van der Waals surface area contributed by atoms with E-state index in [-0.39, 0.29) is 19.3 Å². The van der Waals surface area contributed by atoms with Gasteiger partial charge in [-0.05, 0) is 19.3 Å². The Bertz CT molecular complexity index is 595. The standard InChI is InChI=1S/C20H33NO9/c1-5-8-14(24)28-18-13(11-22)27-20(30-16(26)10-7-3)17(21-12(4)23)19(18)29-15(25)9-6-2/h13,17-20,22H,5-11H2,1-4H3,(H,21,23)/t13-,17+,18-,19-,20?/m1/s1. The molecule has 0 aliphatic carbocycles. The summed E-state index contributed by atoms with van der Waals surface area (Å²) in [6, 6.07) is -1.12. The molecule has 0 aromatic heterocycles. The second-order valence-corrected chi connectivity index (χ2v) is 7.10. The Kier molecular flexibility index (Phi) is 11.3. The van der Waals surface area contributed by atoms with Gasteiger partial charge in [0.15, 0.2) is 12.2 Å². The molecule has 0 bridgehead atoms. The molecule has 1 aliphatic rings. The molecule has 172 valence electrons. The predicted octanol–water partition coefficient (Wildman–Crippen LogP) is 0.975. The average molecular weight is 431 g/mol. The SMILES string of the molecule is CCCC(=O)OC1O[C@H](CO)[C@@H](OC(=O)CCC)[C@H](OC(=O)CCC)[C@@H]1NC(C)=O. The molecule has 1 rings (SSSR count). The Morgan fingerprint density at radius 1 is 0.833 bits per heavy atom. The van der Waals surface area contributed by atoms with E-state index < -0.39 is 61.1 Å². The summed E-state index contributed by atoms with van der Waals surface area (Å²) in [4.78, 5) is 48.2. The smallest absolute Gasteiger partial charge is 0.308 e. The van der Waals surface area contributed by atoms with E-state index in [2.05, 4.69) is 5.32 Å². The number of carbonyl (C=O) groups excluding carboxylic acids is 4. The van der Waals surface area contributed by atoms with Crippen LogP contribution in [0.25, 0.3) is 0 Å². The number of hydrogen-bond acceptors (Lipinski definition) is 9. The highest BCUT2D eigenvalue weighted by Crippen LogP contribution is 2.28. The van der Waals surface area contributed by atoms with Crippen molar-refractivity contribution in [1.82, 2.24) is 5.32 Å². The predicted molar refractivity (Wildman–Crippen MR) is 104 cm³/mol. The van der Waals surface area contributed by atoms with Crippen molar-refractivity contribution >= 4 is 23.8 Å². The highest BCUT2D eigenvalue weighted by Gasteiger charge is 2.52. The van der Waals surface area contributed by atoms with Crippen LogP contribution in [-0.4, -0.2) is 66.2 Å². The molecule has 0 aromatic carbocycles. The van der Waals surface area contributed by atoms with Crippen molar-refractivity contribution in [2.45, 2.75) is 96.9 Å². The van der Waals surface area contributed by atoms with Crippen LogP contribution in [0.5, 0.6) is 0 Å². The third kappa shape index (κ3) is 7.91. The highest BCUT2D eigenvalue weighted by atomic mass is 16.7. The maximum atomic E-state index is 12.2. The zero-order valence-corrected chi connectivity index (χ0v) is 18.0. The molecule has 2 N–H and O–H groups in total. The molecule has 1 heterocycles. The van der Waals surface area contributed by atoms with Crippen LogP contribution in [0.3, 0.4) is 0 Å². The van der Waals surface area contributed by atoms with E-state index in [0.29, 0.717) is 19.3 Å². The Labute approximate surface area is 176 Å². The molecule has 1 aliphatic heterocycles. The van der Waals surface area contributed by atoms with E-state index in [1.165, 1.54) is 6.92 Å². The van der Waals surface area contributed by atoms with Crippen LogP contribution in [0.15, 0.2) is 0 Å². The number of hydrogen-bond donors (Lipinski definition) is 2. The van der Waals surface area contributed by atoms with Gasteiger partial charge in [0.1, 0.15) is 12.1 Å². The first kappa shape index (κ1) is 25.8. The second kappa shape index (κ2) is 13.2. The number of rotatable bonds is 11. The lowest BCUT2D eigenvalue weighted by Gasteiger charge is -2.44. The second-order valence-electron chi connectivity index (χ2n) is 7.10. The fourth-order valence-corrected chi connectivity index (χ4v) is 3.04. The summed E-state index contributed by atoms with van der Waals surface area (Å²) in [6.07, 6.45) is -2.92. The molecule has 1 fully saturated rings. The van der Waals surface area contributed by atoms with Crippen LogP contribution in [-0.2, 0) is 38.1 Å². The van der Waals surface area contributed by atoms with Gasteiger partial charge in [0, 0.05) is 26.2 Å². The number of aliphatic hydroxyl groups excluding tert-OH is 1.